The molecule has 0 spiro atoms. The third-order valence-electron chi connectivity index (χ3n) is 4.38. The molecule has 3 rings (SSSR count). The molecule has 1 aliphatic heterocycles. The molecule has 0 fully saturated rings. The molecule has 0 amide bonds. The van der Waals surface area contributed by atoms with Crippen LogP contribution in [0.25, 0.3) is 0 Å². The second-order valence-electron chi connectivity index (χ2n) is 6.28. The number of nitrogens with zero attached hydrogens (tertiary/aromatic N) is 2. The number of carbonyl (C=O) groups is 1. The van der Waals surface area contributed by atoms with E-state index in [-0.39, 0.29) is 35.2 Å². The summed E-state index contributed by atoms with van der Waals surface area (Å²) in [4.78, 5) is 20.7. The quantitative estimate of drug-likeness (QED) is 0.695. The van der Waals surface area contributed by atoms with E-state index in [1.54, 1.807) is 0 Å². The number of methoxy groups -OCH3 is 2. The highest BCUT2D eigenvalue weighted by Gasteiger charge is 2.34. The Labute approximate surface area is 175 Å². The Morgan fingerprint density at radius 2 is 1.97 bits per heavy atom. The summed E-state index contributed by atoms with van der Waals surface area (Å²) in [6, 6.07) is 3.24. The van der Waals surface area contributed by atoms with E-state index >= 15 is 0 Å². The minimum atomic E-state index is -1.04. The number of hydrogen-bond acceptors (Lipinski definition) is 6. The SMILES string of the molecule is COCCC1=C(C(=O)OC)C(c2ccc(F)cc2Cl)N=C(c2ncc(F)cc2F)N1. The maximum Gasteiger partial charge on any atom is 0.338 e. The van der Waals surface area contributed by atoms with Crippen LogP contribution in [0.1, 0.15) is 23.7 Å². The minimum Gasteiger partial charge on any atom is -0.466 e. The number of rotatable bonds is 6. The lowest BCUT2D eigenvalue weighted by atomic mass is 9.94. The van der Waals surface area contributed by atoms with Crippen LogP contribution in [0.15, 0.2) is 46.7 Å². The highest BCUT2D eigenvalue weighted by Crippen LogP contribution is 2.37. The fourth-order valence-electron chi connectivity index (χ4n) is 3.00. The average Bonchev–Trinajstić information content (AvgIpc) is 2.71. The molecule has 1 atom stereocenters. The van der Waals surface area contributed by atoms with Crippen molar-refractivity contribution < 1.29 is 27.4 Å². The normalized spacial score (nSPS) is 16.2. The molecular formula is C20H17ClF3N3O3. The van der Waals surface area contributed by atoms with Crippen molar-refractivity contribution in [3.8, 4) is 0 Å². The van der Waals surface area contributed by atoms with Gasteiger partial charge in [-0.15, -0.1) is 0 Å². The van der Waals surface area contributed by atoms with E-state index in [2.05, 4.69) is 15.3 Å². The van der Waals surface area contributed by atoms with Gasteiger partial charge in [-0.3, -0.25) is 4.99 Å². The van der Waals surface area contributed by atoms with Crippen molar-refractivity contribution in [3.63, 3.8) is 0 Å². The molecule has 0 saturated carbocycles. The lowest BCUT2D eigenvalue weighted by Gasteiger charge is -2.27. The largest absolute Gasteiger partial charge is 0.466 e. The molecule has 158 valence electrons. The summed E-state index contributed by atoms with van der Waals surface area (Å²) in [5.74, 6) is -3.11. The van der Waals surface area contributed by atoms with E-state index < -0.39 is 29.5 Å². The maximum absolute atomic E-state index is 14.4. The fourth-order valence-corrected chi connectivity index (χ4v) is 3.28. The molecule has 0 saturated heterocycles. The molecule has 2 heterocycles. The number of hydrogen-bond donors (Lipinski definition) is 1. The zero-order chi connectivity index (χ0) is 21.8. The Balaban J connectivity index is 2.20. The summed E-state index contributed by atoms with van der Waals surface area (Å²) in [6.07, 6.45) is 1.06. The van der Waals surface area contributed by atoms with Crippen LogP contribution >= 0.6 is 11.6 Å². The predicted molar refractivity (Wildman–Crippen MR) is 104 cm³/mol. The number of aliphatic imine (C=N–C) groups is 1. The van der Waals surface area contributed by atoms with Gasteiger partial charge in [0.1, 0.15) is 23.4 Å². The first kappa shape index (κ1) is 21.8. The second kappa shape index (κ2) is 9.27. The summed E-state index contributed by atoms with van der Waals surface area (Å²) in [5, 5.41) is 2.89. The fraction of sp³-hybridized carbons (Fsp3) is 0.250. The van der Waals surface area contributed by atoms with Gasteiger partial charge in [-0.2, -0.15) is 0 Å². The van der Waals surface area contributed by atoms with Gasteiger partial charge in [0.2, 0.25) is 0 Å². The van der Waals surface area contributed by atoms with E-state index in [0.29, 0.717) is 17.3 Å². The molecular weight excluding hydrogens is 423 g/mol. The number of benzene rings is 1. The average molecular weight is 440 g/mol. The smallest absolute Gasteiger partial charge is 0.338 e. The van der Waals surface area contributed by atoms with Crippen LogP contribution in [0.3, 0.4) is 0 Å². The van der Waals surface area contributed by atoms with Crippen molar-refractivity contribution in [1.82, 2.24) is 10.3 Å². The Kier molecular flexibility index (Phi) is 6.73. The molecule has 10 heteroatoms. The van der Waals surface area contributed by atoms with E-state index in [1.165, 1.54) is 26.4 Å². The topological polar surface area (TPSA) is 72.8 Å². The molecule has 0 aliphatic carbocycles. The molecule has 6 nitrogen and oxygen atoms in total. The van der Waals surface area contributed by atoms with Crippen LogP contribution in [-0.2, 0) is 14.3 Å². The molecule has 1 unspecified atom stereocenters. The number of esters is 1. The predicted octanol–water partition coefficient (Wildman–Crippen LogP) is 3.71. The third-order valence-corrected chi connectivity index (χ3v) is 4.70. The summed E-state index contributed by atoms with van der Waals surface area (Å²) in [6.45, 7) is 0.222. The van der Waals surface area contributed by atoms with Gasteiger partial charge in [-0.05, 0) is 12.1 Å². The number of carbonyl (C=O) groups excluding carboxylic acids is 1. The zero-order valence-corrected chi connectivity index (χ0v) is 16.8. The summed E-state index contributed by atoms with van der Waals surface area (Å²) < 4.78 is 51.2. The van der Waals surface area contributed by atoms with Gasteiger partial charge < -0.3 is 14.8 Å². The van der Waals surface area contributed by atoms with E-state index in [0.717, 1.165) is 12.3 Å². The van der Waals surface area contributed by atoms with Crippen LogP contribution in [0, 0.1) is 17.5 Å². The van der Waals surface area contributed by atoms with Gasteiger partial charge in [0.15, 0.2) is 11.7 Å². The van der Waals surface area contributed by atoms with Crippen molar-refractivity contribution in [1.29, 1.82) is 0 Å². The lowest BCUT2D eigenvalue weighted by Crippen LogP contribution is -2.35. The van der Waals surface area contributed by atoms with E-state index in [4.69, 9.17) is 21.1 Å². The Morgan fingerprint density at radius 1 is 1.20 bits per heavy atom. The van der Waals surface area contributed by atoms with Gasteiger partial charge in [-0.25, -0.2) is 22.9 Å². The van der Waals surface area contributed by atoms with Crippen molar-refractivity contribution in [2.75, 3.05) is 20.8 Å². The van der Waals surface area contributed by atoms with Gasteiger partial charge >= 0.3 is 5.97 Å². The molecule has 1 N–H and O–H groups in total. The number of ether oxygens (including phenoxy) is 2. The first-order chi connectivity index (χ1) is 14.3. The molecule has 2 aromatic rings. The third kappa shape index (κ3) is 4.47. The molecule has 30 heavy (non-hydrogen) atoms. The van der Waals surface area contributed by atoms with E-state index in [1.807, 2.05) is 0 Å². The minimum absolute atomic E-state index is 0.0185. The van der Waals surface area contributed by atoms with E-state index in [9.17, 15) is 18.0 Å². The van der Waals surface area contributed by atoms with Crippen LogP contribution in [0.4, 0.5) is 13.2 Å². The summed E-state index contributed by atoms with van der Waals surface area (Å²) >= 11 is 6.21. The standard InChI is InChI=1S/C20H17ClF3N3O3/c1-29-6-5-15-16(20(28)30-2)17(12-4-3-10(22)7-13(12)21)27-19(26-15)18-14(24)8-11(23)9-25-18/h3-4,7-9,17H,5-6H2,1-2H3,(H,26,27). The van der Waals surface area contributed by atoms with Crippen LogP contribution < -0.4 is 5.32 Å². The van der Waals surface area contributed by atoms with Crippen molar-refractivity contribution in [3.05, 3.63) is 75.5 Å². The number of aromatic nitrogens is 1. The van der Waals surface area contributed by atoms with Crippen LogP contribution in [-0.4, -0.2) is 37.6 Å². The molecule has 1 aromatic heterocycles. The van der Waals surface area contributed by atoms with Crippen molar-refractivity contribution >= 4 is 23.4 Å². The van der Waals surface area contributed by atoms with Crippen molar-refractivity contribution in [2.45, 2.75) is 12.5 Å². The number of halogens is 4. The zero-order valence-electron chi connectivity index (χ0n) is 16.0. The highest BCUT2D eigenvalue weighted by atomic mass is 35.5. The van der Waals surface area contributed by atoms with Gasteiger partial charge in [0.25, 0.3) is 0 Å². The summed E-state index contributed by atoms with van der Waals surface area (Å²) in [5.41, 5.74) is 0.493. The molecule has 0 bridgehead atoms. The Morgan fingerprint density at radius 3 is 2.60 bits per heavy atom. The second-order valence-corrected chi connectivity index (χ2v) is 6.69. The molecule has 1 aliphatic rings. The van der Waals surface area contributed by atoms with Crippen LogP contribution in [0.2, 0.25) is 5.02 Å². The number of pyridine rings is 1. The van der Waals surface area contributed by atoms with Gasteiger partial charge in [0, 0.05) is 35.9 Å². The Hall–Kier alpha value is -2.91. The first-order valence-electron chi connectivity index (χ1n) is 8.77. The maximum atomic E-state index is 14.4. The van der Waals surface area contributed by atoms with Crippen LogP contribution in [0.5, 0.6) is 0 Å². The summed E-state index contributed by atoms with van der Waals surface area (Å²) in [7, 11) is 2.68. The van der Waals surface area contributed by atoms with Gasteiger partial charge in [-0.1, -0.05) is 17.7 Å². The monoisotopic (exact) mass is 439 g/mol. The Bertz CT molecular complexity index is 1040. The molecule has 1 aromatic carbocycles. The first-order valence-corrected chi connectivity index (χ1v) is 9.15. The highest BCUT2D eigenvalue weighted by molar-refractivity contribution is 6.31. The molecule has 0 radical (unpaired) electrons. The van der Waals surface area contributed by atoms with Gasteiger partial charge in [0.05, 0.1) is 25.5 Å². The lowest BCUT2D eigenvalue weighted by molar-refractivity contribution is -0.136. The van der Waals surface area contributed by atoms with Crippen molar-refractivity contribution in [2.24, 2.45) is 4.99 Å². The number of nitrogens with one attached hydrogen (secondary N) is 1. The number of amidine groups is 1.